The van der Waals surface area contributed by atoms with E-state index in [4.69, 9.17) is 11.5 Å². The number of anilines is 2. The molecule has 0 amide bonds. The molecule has 0 aliphatic rings. The minimum absolute atomic E-state index is 0.391. The maximum atomic E-state index is 5.62. The number of nitrogen functional groups attached to an aromatic ring is 2. The number of fused-ring (bicyclic) bond motifs is 1. The van der Waals surface area contributed by atoms with Crippen molar-refractivity contribution in [3.63, 3.8) is 0 Å². The van der Waals surface area contributed by atoms with E-state index in [-0.39, 0.29) is 0 Å². The zero-order valence-corrected chi connectivity index (χ0v) is 8.19. The van der Waals surface area contributed by atoms with Gasteiger partial charge in [0.2, 0.25) is 5.95 Å². The molecule has 6 heteroatoms. The highest BCUT2D eigenvalue weighted by Gasteiger charge is 2.08. The van der Waals surface area contributed by atoms with Crippen molar-refractivity contribution in [2.45, 2.75) is 0 Å². The monoisotopic (exact) mass is 275 g/mol. The minimum atomic E-state index is 0.391. The molecule has 0 fully saturated rings. The van der Waals surface area contributed by atoms with E-state index in [0.717, 1.165) is 9.22 Å². The third kappa shape index (κ3) is 0.909. The number of rotatable bonds is 0. The van der Waals surface area contributed by atoms with Crippen LogP contribution in [0.3, 0.4) is 0 Å². The summed E-state index contributed by atoms with van der Waals surface area (Å²) in [6.45, 7) is 0. The van der Waals surface area contributed by atoms with Crippen LogP contribution in [0, 0.1) is 3.70 Å². The maximum Gasteiger partial charge on any atom is 0.207 e. The summed E-state index contributed by atoms with van der Waals surface area (Å²) in [5.41, 5.74) is 12.0. The van der Waals surface area contributed by atoms with Crippen LogP contribution in [0.4, 0.5) is 11.8 Å². The van der Waals surface area contributed by atoms with Gasteiger partial charge < -0.3 is 11.5 Å². The van der Waals surface area contributed by atoms with Gasteiger partial charge in [0.15, 0.2) is 5.82 Å². The number of halogens is 1. The van der Waals surface area contributed by atoms with Gasteiger partial charge in [0.25, 0.3) is 0 Å². The van der Waals surface area contributed by atoms with Crippen LogP contribution < -0.4 is 11.5 Å². The van der Waals surface area contributed by atoms with E-state index in [2.05, 4.69) is 32.6 Å². The van der Waals surface area contributed by atoms with Gasteiger partial charge in [-0.2, -0.15) is 4.98 Å². The lowest BCUT2D eigenvalue weighted by Gasteiger charge is -1.95. The van der Waals surface area contributed by atoms with Gasteiger partial charge in [0.1, 0.15) is 9.22 Å². The van der Waals surface area contributed by atoms with Gasteiger partial charge in [0, 0.05) is 12.4 Å². The first-order chi connectivity index (χ1) is 5.70. The van der Waals surface area contributed by atoms with E-state index in [1.807, 2.05) is 0 Å². The van der Waals surface area contributed by atoms with E-state index in [0.29, 0.717) is 11.8 Å². The molecular formula is C6H6IN5. The predicted octanol–water partition coefficient (Wildman–Crippen LogP) is 0.498. The maximum absolute atomic E-state index is 5.62. The molecule has 0 bridgehead atoms. The van der Waals surface area contributed by atoms with Crippen LogP contribution in [0.5, 0.6) is 0 Å². The first-order valence-electron chi connectivity index (χ1n) is 3.23. The summed E-state index contributed by atoms with van der Waals surface area (Å²) < 4.78 is 2.52. The number of imidazole rings is 1. The third-order valence-electron chi connectivity index (χ3n) is 1.56. The van der Waals surface area contributed by atoms with Crippen LogP contribution in [0.2, 0.25) is 0 Å². The molecule has 0 spiro atoms. The van der Waals surface area contributed by atoms with E-state index < -0.39 is 0 Å². The number of hydrogen-bond donors (Lipinski definition) is 2. The highest BCUT2D eigenvalue weighted by molar-refractivity contribution is 14.1. The zero-order valence-electron chi connectivity index (χ0n) is 6.03. The van der Waals surface area contributed by atoms with Gasteiger partial charge in [-0.3, -0.25) is 4.40 Å². The number of nitrogens with two attached hydrogens (primary N) is 2. The lowest BCUT2D eigenvalue weighted by molar-refractivity contribution is 1.11. The van der Waals surface area contributed by atoms with Crippen molar-refractivity contribution in [2.24, 2.45) is 0 Å². The average Bonchev–Trinajstić information content (AvgIpc) is 2.29. The van der Waals surface area contributed by atoms with Crippen LogP contribution in [0.15, 0.2) is 12.4 Å². The predicted molar refractivity (Wildman–Crippen MR) is 54.5 cm³/mol. The Morgan fingerprint density at radius 1 is 1.42 bits per heavy atom. The Bertz CT molecular complexity index is 435. The largest absolute Gasteiger partial charge is 0.382 e. The molecule has 0 aromatic carbocycles. The molecule has 2 heterocycles. The molecule has 12 heavy (non-hydrogen) atoms. The number of aromatic nitrogens is 3. The van der Waals surface area contributed by atoms with E-state index >= 15 is 0 Å². The standard InChI is InChI=1S/C6H6IN5/c7-4-3-5(8)11-6(9)12(3)2-1-10-4/h1-2H,8H2,(H2,9,11). The van der Waals surface area contributed by atoms with Crippen molar-refractivity contribution in [3.8, 4) is 0 Å². The summed E-state index contributed by atoms with van der Waals surface area (Å²) in [6, 6.07) is 0. The first-order valence-corrected chi connectivity index (χ1v) is 4.31. The minimum Gasteiger partial charge on any atom is -0.382 e. The summed E-state index contributed by atoms with van der Waals surface area (Å²) in [4.78, 5) is 8.00. The van der Waals surface area contributed by atoms with Crippen molar-refractivity contribution in [1.82, 2.24) is 14.4 Å². The van der Waals surface area contributed by atoms with E-state index in [1.54, 1.807) is 16.8 Å². The third-order valence-corrected chi connectivity index (χ3v) is 2.35. The molecule has 4 N–H and O–H groups in total. The molecule has 0 atom stereocenters. The molecular weight excluding hydrogens is 269 g/mol. The average molecular weight is 275 g/mol. The SMILES string of the molecule is Nc1nc(N)n2ccnc(I)c12. The Morgan fingerprint density at radius 3 is 2.83 bits per heavy atom. The fourth-order valence-corrected chi connectivity index (χ4v) is 1.75. The lowest BCUT2D eigenvalue weighted by atomic mass is 10.5. The highest BCUT2D eigenvalue weighted by Crippen LogP contribution is 2.19. The van der Waals surface area contributed by atoms with Crippen molar-refractivity contribution < 1.29 is 0 Å². The highest BCUT2D eigenvalue weighted by atomic mass is 127. The molecule has 2 rings (SSSR count). The second-order valence-electron chi connectivity index (χ2n) is 2.29. The Hall–Kier alpha value is -1.05. The normalized spacial score (nSPS) is 10.8. The van der Waals surface area contributed by atoms with Gasteiger partial charge in [-0.05, 0) is 22.6 Å². The Kier molecular flexibility index (Phi) is 1.56. The van der Waals surface area contributed by atoms with Crippen molar-refractivity contribution in [3.05, 3.63) is 16.1 Å². The van der Waals surface area contributed by atoms with Crippen LogP contribution in [-0.2, 0) is 0 Å². The fourth-order valence-electron chi connectivity index (χ4n) is 1.05. The molecule has 62 valence electrons. The summed E-state index contributed by atoms with van der Waals surface area (Å²) in [6.07, 6.45) is 3.39. The molecule has 2 aromatic rings. The van der Waals surface area contributed by atoms with Crippen LogP contribution in [0.1, 0.15) is 0 Å². The van der Waals surface area contributed by atoms with Gasteiger partial charge in [0.05, 0.1) is 0 Å². The zero-order chi connectivity index (χ0) is 8.72. The number of hydrogen-bond acceptors (Lipinski definition) is 4. The molecule has 0 aliphatic heterocycles. The Balaban J connectivity index is 2.99. The van der Waals surface area contributed by atoms with Gasteiger partial charge >= 0.3 is 0 Å². The summed E-state index contributed by atoms with van der Waals surface area (Å²) in [5.74, 6) is 0.813. The van der Waals surface area contributed by atoms with E-state index in [9.17, 15) is 0 Å². The molecule has 0 unspecified atom stereocenters. The second-order valence-corrected chi connectivity index (χ2v) is 3.31. The van der Waals surface area contributed by atoms with Crippen molar-refractivity contribution in [2.75, 3.05) is 11.5 Å². The summed E-state index contributed by atoms with van der Waals surface area (Å²) in [5, 5.41) is 0. The Morgan fingerprint density at radius 2 is 2.17 bits per heavy atom. The first kappa shape index (κ1) is 7.59. The quantitative estimate of drug-likeness (QED) is 0.686. The van der Waals surface area contributed by atoms with Gasteiger partial charge in [-0.15, -0.1) is 0 Å². The van der Waals surface area contributed by atoms with Crippen molar-refractivity contribution in [1.29, 1.82) is 0 Å². The van der Waals surface area contributed by atoms with Crippen LogP contribution in [0.25, 0.3) is 5.52 Å². The second kappa shape index (κ2) is 2.47. The lowest BCUT2D eigenvalue weighted by Crippen LogP contribution is -1.95. The number of nitrogens with zero attached hydrogens (tertiary/aromatic N) is 3. The van der Waals surface area contributed by atoms with Crippen LogP contribution >= 0.6 is 22.6 Å². The molecule has 2 aromatic heterocycles. The smallest absolute Gasteiger partial charge is 0.207 e. The summed E-state index contributed by atoms with van der Waals surface area (Å²) >= 11 is 2.09. The molecule has 0 radical (unpaired) electrons. The molecule has 5 nitrogen and oxygen atoms in total. The van der Waals surface area contributed by atoms with Crippen molar-refractivity contribution >= 4 is 39.9 Å². The topological polar surface area (TPSA) is 82.2 Å². The Labute approximate surface area is 81.9 Å². The van der Waals surface area contributed by atoms with Gasteiger partial charge in [-0.25, -0.2) is 4.98 Å². The molecule has 0 aliphatic carbocycles. The fraction of sp³-hybridized carbons (Fsp3) is 0. The molecule has 0 saturated heterocycles. The molecule has 0 saturated carbocycles. The van der Waals surface area contributed by atoms with E-state index in [1.165, 1.54) is 0 Å². The van der Waals surface area contributed by atoms with Gasteiger partial charge in [-0.1, -0.05) is 0 Å². The van der Waals surface area contributed by atoms with Crippen LogP contribution in [-0.4, -0.2) is 14.4 Å². The summed E-state index contributed by atoms with van der Waals surface area (Å²) in [7, 11) is 0.